The maximum absolute atomic E-state index is 9.82. The van der Waals surface area contributed by atoms with Crippen LogP contribution in [-0.4, -0.2) is 17.7 Å². The maximum atomic E-state index is 9.82. The molecule has 0 bridgehead atoms. The quantitative estimate of drug-likeness (QED) is 0.674. The zero-order valence-corrected chi connectivity index (χ0v) is 8.87. The normalized spacial score (nSPS) is 29.3. The van der Waals surface area contributed by atoms with E-state index in [9.17, 15) is 5.11 Å². The van der Waals surface area contributed by atoms with E-state index in [0.717, 1.165) is 25.3 Å². The lowest BCUT2D eigenvalue weighted by Crippen LogP contribution is -2.45. The molecule has 0 unspecified atom stereocenters. The average molecular weight is 203 g/mol. The van der Waals surface area contributed by atoms with Gasteiger partial charge in [-0.15, -0.1) is 0 Å². The van der Waals surface area contributed by atoms with Crippen molar-refractivity contribution in [3.8, 4) is 5.75 Å². The molecule has 2 N–H and O–H groups in total. The second kappa shape index (κ2) is 3.53. The summed E-state index contributed by atoms with van der Waals surface area (Å²) in [7, 11) is 0. The highest BCUT2D eigenvalue weighted by molar-refractivity contribution is 5.42. The minimum Gasteiger partial charge on any atom is -0.508 e. The molecule has 3 rings (SSSR count). The molecule has 0 spiro atoms. The van der Waals surface area contributed by atoms with Crippen molar-refractivity contribution >= 4 is 0 Å². The van der Waals surface area contributed by atoms with Crippen LogP contribution < -0.4 is 5.32 Å². The molecule has 0 amide bonds. The number of benzene rings is 1. The molecule has 0 saturated carbocycles. The summed E-state index contributed by atoms with van der Waals surface area (Å²) in [5.41, 5.74) is 2.54. The molecule has 0 radical (unpaired) electrons. The predicted octanol–water partition coefficient (Wildman–Crippen LogP) is 1.86. The SMILES string of the molecule is Oc1cccc2c1C[C@@H]1NCCC[C@H]1C2. The molecule has 80 valence electrons. The molecule has 1 aliphatic heterocycles. The van der Waals surface area contributed by atoms with Gasteiger partial charge >= 0.3 is 0 Å². The van der Waals surface area contributed by atoms with Gasteiger partial charge in [0.15, 0.2) is 0 Å². The van der Waals surface area contributed by atoms with Crippen molar-refractivity contribution < 1.29 is 5.11 Å². The Bertz CT molecular complexity index is 375. The summed E-state index contributed by atoms with van der Waals surface area (Å²) >= 11 is 0. The minimum absolute atomic E-state index is 0.485. The smallest absolute Gasteiger partial charge is 0.119 e. The van der Waals surface area contributed by atoms with Crippen molar-refractivity contribution in [2.75, 3.05) is 6.54 Å². The average Bonchev–Trinajstić information content (AvgIpc) is 2.27. The molecule has 2 nitrogen and oxygen atoms in total. The third-order valence-corrected chi connectivity index (χ3v) is 3.88. The summed E-state index contributed by atoms with van der Waals surface area (Å²) in [5, 5.41) is 13.4. The van der Waals surface area contributed by atoms with Gasteiger partial charge in [-0.05, 0) is 55.3 Å². The number of phenolic OH excluding ortho intramolecular Hbond substituents is 1. The molecule has 1 aliphatic carbocycles. The number of phenols is 1. The van der Waals surface area contributed by atoms with E-state index in [1.54, 1.807) is 0 Å². The van der Waals surface area contributed by atoms with Gasteiger partial charge in [-0.1, -0.05) is 12.1 Å². The molecule has 1 heterocycles. The monoisotopic (exact) mass is 203 g/mol. The number of piperidine rings is 1. The third kappa shape index (κ3) is 1.53. The van der Waals surface area contributed by atoms with E-state index in [-0.39, 0.29) is 0 Å². The molecule has 1 fully saturated rings. The molecule has 2 atom stereocenters. The molecular formula is C13H17NO. The van der Waals surface area contributed by atoms with Gasteiger partial charge in [0.25, 0.3) is 0 Å². The van der Waals surface area contributed by atoms with Crippen LogP contribution in [0.3, 0.4) is 0 Å². The molecule has 15 heavy (non-hydrogen) atoms. The number of hydrogen-bond acceptors (Lipinski definition) is 2. The Hall–Kier alpha value is -1.02. The Balaban J connectivity index is 1.95. The maximum Gasteiger partial charge on any atom is 0.119 e. The van der Waals surface area contributed by atoms with E-state index in [0.29, 0.717) is 11.8 Å². The first-order chi connectivity index (χ1) is 7.34. The summed E-state index contributed by atoms with van der Waals surface area (Å²) < 4.78 is 0. The lowest BCUT2D eigenvalue weighted by molar-refractivity contribution is 0.260. The van der Waals surface area contributed by atoms with Gasteiger partial charge in [0.05, 0.1) is 0 Å². The van der Waals surface area contributed by atoms with Crippen LogP contribution in [0.25, 0.3) is 0 Å². The van der Waals surface area contributed by atoms with E-state index < -0.39 is 0 Å². The van der Waals surface area contributed by atoms with Crippen molar-refractivity contribution in [3.63, 3.8) is 0 Å². The summed E-state index contributed by atoms with van der Waals surface area (Å²) in [6, 6.07) is 6.53. The molecule has 2 aliphatic rings. The highest BCUT2D eigenvalue weighted by Gasteiger charge is 2.31. The first-order valence-corrected chi connectivity index (χ1v) is 5.88. The van der Waals surface area contributed by atoms with Crippen LogP contribution in [-0.2, 0) is 12.8 Å². The van der Waals surface area contributed by atoms with Crippen molar-refractivity contribution in [1.82, 2.24) is 5.32 Å². The molecular weight excluding hydrogens is 186 g/mol. The van der Waals surface area contributed by atoms with Gasteiger partial charge in [0.1, 0.15) is 5.75 Å². The largest absolute Gasteiger partial charge is 0.508 e. The molecule has 1 aromatic rings. The Morgan fingerprint density at radius 2 is 2.20 bits per heavy atom. The van der Waals surface area contributed by atoms with E-state index in [1.165, 1.54) is 24.0 Å². The van der Waals surface area contributed by atoms with Crippen LogP contribution in [0.5, 0.6) is 5.75 Å². The number of fused-ring (bicyclic) bond motifs is 2. The second-order valence-electron chi connectivity index (χ2n) is 4.79. The summed E-state index contributed by atoms with van der Waals surface area (Å²) in [5.74, 6) is 1.27. The standard InChI is InChI=1S/C13H17NO/c15-13-5-1-3-9-7-10-4-2-6-14-12(10)8-11(9)13/h1,3,5,10,12,14-15H,2,4,6-8H2/t10-,12-/m0/s1. The molecule has 1 saturated heterocycles. The number of rotatable bonds is 0. The van der Waals surface area contributed by atoms with Gasteiger partial charge in [0.2, 0.25) is 0 Å². The molecule has 0 aromatic heterocycles. The molecule has 2 heteroatoms. The summed E-state index contributed by atoms with van der Waals surface area (Å²) in [6.07, 6.45) is 4.79. The fraction of sp³-hybridized carbons (Fsp3) is 0.538. The second-order valence-corrected chi connectivity index (χ2v) is 4.79. The van der Waals surface area contributed by atoms with Crippen LogP contribution in [0.2, 0.25) is 0 Å². The molecule has 1 aromatic carbocycles. The summed E-state index contributed by atoms with van der Waals surface area (Å²) in [4.78, 5) is 0. The number of aromatic hydroxyl groups is 1. The fourth-order valence-corrected chi connectivity index (χ4v) is 3.05. The Morgan fingerprint density at radius 3 is 3.13 bits per heavy atom. The Morgan fingerprint density at radius 1 is 1.27 bits per heavy atom. The van der Waals surface area contributed by atoms with E-state index >= 15 is 0 Å². The van der Waals surface area contributed by atoms with Crippen LogP contribution in [0, 0.1) is 5.92 Å². The van der Waals surface area contributed by atoms with Crippen molar-refractivity contribution in [3.05, 3.63) is 29.3 Å². The Labute approximate surface area is 90.3 Å². The zero-order valence-electron chi connectivity index (χ0n) is 8.87. The lowest BCUT2D eigenvalue weighted by atomic mass is 9.76. The third-order valence-electron chi connectivity index (χ3n) is 3.88. The van der Waals surface area contributed by atoms with E-state index in [2.05, 4.69) is 11.4 Å². The van der Waals surface area contributed by atoms with Crippen LogP contribution in [0.15, 0.2) is 18.2 Å². The van der Waals surface area contributed by atoms with Gasteiger partial charge in [-0.25, -0.2) is 0 Å². The highest BCUT2D eigenvalue weighted by Crippen LogP contribution is 2.34. The minimum atomic E-state index is 0.485. The van der Waals surface area contributed by atoms with Crippen LogP contribution >= 0.6 is 0 Å². The van der Waals surface area contributed by atoms with Crippen molar-refractivity contribution in [2.45, 2.75) is 31.7 Å². The van der Waals surface area contributed by atoms with Gasteiger partial charge < -0.3 is 10.4 Å². The van der Waals surface area contributed by atoms with Gasteiger partial charge in [0, 0.05) is 6.04 Å². The van der Waals surface area contributed by atoms with Crippen molar-refractivity contribution in [1.29, 1.82) is 0 Å². The zero-order chi connectivity index (χ0) is 10.3. The highest BCUT2D eigenvalue weighted by atomic mass is 16.3. The topological polar surface area (TPSA) is 32.3 Å². The van der Waals surface area contributed by atoms with E-state index in [4.69, 9.17) is 0 Å². The first kappa shape index (κ1) is 9.22. The van der Waals surface area contributed by atoms with E-state index in [1.807, 2.05) is 12.1 Å². The van der Waals surface area contributed by atoms with Crippen LogP contribution in [0.4, 0.5) is 0 Å². The van der Waals surface area contributed by atoms with Crippen molar-refractivity contribution in [2.24, 2.45) is 5.92 Å². The van der Waals surface area contributed by atoms with Gasteiger partial charge in [-0.3, -0.25) is 0 Å². The Kier molecular flexibility index (Phi) is 2.17. The van der Waals surface area contributed by atoms with Crippen LogP contribution in [0.1, 0.15) is 24.0 Å². The predicted molar refractivity (Wildman–Crippen MR) is 60.0 cm³/mol. The fourth-order valence-electron chi connectivity index (χ4n) is 3.05. The number of nitrogens with one attached hydrogen (secondary N) is 1. The number of hydrogen-bond donors (Lipinski definition) is 2. The first-order valence-electron chi connectivity index (χ1n) is 5.88. The summed E-state index contributed by atoms with van der Waals surface area (Å²) in [6.45, 7) is 1.14. The lowest BCUT2D eigenvalue weighted by Gasteiger charge is -2.37. The van der Waals surface area contributed by atoms with Gasteiger partial charge in [-0.2, -0.15) is 0 Å².